The maximum Gasteiger partial charge on any atom is 0.224 e. The Morgan fingerprint density at radius 1 is 0.840 bits per heavy atom. The van der Waals surface area contributed by atoms with Gasteiger partial charge < -0.3 is 10.6 Å². The van der Waals surface area contributed by atoms with Crippen molar-refractivity contribution in [2.24, 2.45) is 0 Å². The quantitative estimate of drug-likeness (QED) is 0.785. The molecule has 2 amide bonds. The molecule has 0 atom stereocenters. The molecule has 0 radical (unpaired) electrons. The van der Waals surface area contributed by atoms with Gasteiger partial charge in [0.2, 0.25) is 11.8 Å². The number of ketones is 1. The number of benzene rings is 2. The van der Waals surface area contributed by atoms with Crippen molar-refractivity contribution < 1.29 is 14.4 Å². The Labute approximate surface area is 147 Å². The lowest BCUT2D eigenvalue weighted by Gasteiger charge is -2.08. The van der Waals surface area contributed by atoms with Crippen LogP contribution in [0.25, 0.3) is 0 Å². The predicted octanol–water partition coefficient (Wildman–Crippen LogP) is 3.86. The first-order chi connectivity index (χ1) is 11.8. The molecule has 0 heterocycles. The molecule has 0 bridgehead atoms. The molecule has 0 fully saturated rings. The van der Waals surface area contributed by atoms with E-state index in [0.29, 0.717) is 16.9 Å². The highest BCUT2D eigenvalue weighted by molar-refractivity contribution is 6.01. The zero-order valence-corrected chi connectivity index (χ0v) is 14.7. The first kappa shape index (κ1) is 18.4. The first-order valence-corrected chi connectivity index (χ1v) is 8.13. The number of rotatable bonds is 6. The SMILES string of the molecule is CC(=O)Nc1ccc(NC(=O)CCC(=O)c2cc(C)ccc2C)cc1. The number of aryl methyl sites for hydroxylation is 2. The molecule has 0 aliphatic heterocycles. The van der Waals surface area contributed by atoms with Crippen LogP contribution in [0.5, 0.6) is 0 Å². The minimum atomic E-state index is -0.217. The topological polar surface area (TPSA) is 75.3 Å². The highest BCUT2D eigenvalue weighted by Gasteiger charge is 2.12. The summed E-state index contributed by atoms with van der Waals surface area (Å²) in [4.78, 5) is 35.3. The summed E-state index contributed by atoms with van der Waals surface area (Å²) in [6, 6.07) is 12.6. The molecule has 0 aliphatic carbocycles. The maximum atomic E-state index is 12.3. The molecule has 0 aromatic heterocycles. The molecule has 0 saturated heterocycles. The highest BCUT2D eigenvalue weighted by Crippen LogP contribution is 2.16. The van der Waals surface area contributed by atoms with Gasteiger partial charge in [0.15, 0.2) is 5.78 Å². The highest BCUT2D eigenvalue weighted by atomic mass is 16.2. The van der Waals surface area contributed by atoms with Gasteiger partial charge in [0, 0.05) is 36.7 Å². The number of anilines is 2. The fourth-order valence-electron chi connectivity index (χ4n) is 2.46. The van der Waals surface area contributed by atoms with Crippen LogP contribution in [0.1, 0.15) is 41.3 Å². The Kier molecular flexibility index (Phi) is 6.06. The minimum absolute atomic E-state index is 0.0302. The van der Waals surface area contributed by atoms with Crippen molar-refractivity contribution in [3.05, 3.63) is 59.2 Å². The van der Waals surface area contributed by atoms with Gasteiger partial charge in [-0.1, -0.05) is 17.7 Å². The van der Waals surface area contributed by atoms with E-state index in [0.717, 1.165) is 11.1 Å². The summed E-state index contributed by atoms with van der Waals surface area (Å²) >= 11 is 0. The van der Waals surface area contributed by atoms with Gasteiger partial charge in [-0.15, -0.1) is 0 Å². The molecular weight excluding hydrogens is 316 g/mol. The number of hydrogen-bond donors (Lipinski definition) is 2. The van der Waals surface area contributed by atoms with Crippen LogP contribution in [0.2, 0.25) is 0 Å². The van der Waals surface area contributed by atoms with E-state index in [9.17, 15) is 14.4 Å². The lowest BCUT2D eigenvalue weighted by molar-refractivity contribution is -0.116. The van der Waals surface area contributed by atoms with Crippen LogP contribution in [-0.4, -0.2) is 17.6 Å². The van der Waals surface area contributed by atoms with Crippen molar-refractivity contribution in [2.45, 2.75) is 33.6 Å². The van der Waals surface area contributed by atoms with Gasteiger partial charge in [0.25, 0.3) is 0 Å². The van der Waals surface area contributed by atoms with Crippen LogP contribution in [0.15, 0.2) is 42.5 Å². The lowest BCUT2D eigenvalue weighted by Crippen LogP contribution is -2.14. The summed E-state index contributed by atoms with van der Waals surface area (Å²) in [5, 5.41) is 5.41. The lowest BCUT2D eigenvalue weighted by atomic mass is 9.99. The van der Waals surface area contributed by atoms with Crippen LogP contribution in [0.3, 0.4) is 0 Å². The largest absolute Gasteiger partial charge is 0.326 e. The van der Waals surface area contributed by atoms with Crippen molar-refractivity contribution in [1.29, 1.82) is 0 Å². The molecular formula is C20H22N2O3. The third-order valence-electron chi connectivity index (χ3n) is 3.76. The fraction of sp³-hybridized carbons (Fsp3) is 0.250. The van der Waals surface area contributed by atoms with E-state index >= 15 is 0 Å². The zero-order chi connectivity index (χ0) is 18.4. The van der Waals surface area contributed by atoms with Crippen LogP contribution >= 0.6 is 0 Å². The molecule has 2 N–H and O–H groups in total. The van der Waals surface area contributed by atoms with Gasteiger partial charge in [0.05, 0.1) is 0 Å². The average molecular weight is 338 g/mol. The molecule has 0 saturated carbocycles. The van der Waals surface area contributed by atoms with Crippen LogP contribution < -0.4 is 10.6 Å². The van der Waals surface area contributed by atoms with Crippen molar-refractivity contribution in [2.75, 3.05) is 10.6 Å². The number of carbonyl (C=O) groups excluding carboxylic acids is 3. The average Bonchev–Trinajstić information content (AvgIpc) is 2.56. The van der Waals surface area contributed by atoms with Gasteiger partial charge in [-0.25, -0.2) is 0 Å². The standard InChI is InChI=1S/C20H22N2O3/c1-13-4-5-14(2)18(12-13)19(24)10-11-20(25)22-17-8-6-16(7-9-17)21-15(3)23/h4-9,12H,10-11H2,1-3H3,(H,21,23)(H,22,25). The Hall–Kier alpha value is -2.95. The molecule has 25 heavy (non-hydrogen) atoms. The second-order valence-corrected chi connectivity index (χ2v) is 6.05. The first-order valence-electron chi connectivity index (χ1n) is 8.13. The summed E-state index contributed by atoms with van der Waals surface area (Å²) in [7, 11) is 0. The monoisotopic (exact) mass is 338 g/mol. The second-order valence-electron chi connectivity index (χ2n) is 6.05. The Morgan fingerprint density at radius 2 is 1.44 bits per heavy atom. The summed E-state index contributed by atoms with van der Waals surface area (Å²) in [6.45, 7) is 5.26. The number of hydrogen-bond acceptors (Lipinski definition) is 3. The smallest absolute Gasteiger partial charge is 0.224 e. The van der Waals surface area contributed by atoms with Gasteiger partial charge in [-0.2, -0.15) is 0 Å². The van der Waals surface area contributed by atoms with Crippen molar-refractivity contribution in [1.82, 2.24) is 0 Å². The van der Waals surface area contributed by atoms with Gasteiger partial charge >= 0.3 is 0 Å². The normalized spacial score (nSPS) is 10.2. The van der Waals surface area contributed by atoms with E-state index in [1.165, 1.54) is 6.92 Å². The van der Waals surface area contributed by atoms with E-state index in [-0.39, 0.29) is 30.4 Å². The Balaban J connectivity index is 1.89. The van der Waals surface area contributed by atoms with Crippen molar-refractivity contribution in [3.63, 3.8) is 0 Å². The van der Waals surface area contributed by atoms with E-state index in [1.807, 2.05) is 32.0 Å². The van der Waals surface area contributed by atoms with Gasteiger partial charge in [-0.3, -0.25) is 14.4 Å². The summed E-state index contributed by atoms with van der Waals surface area (Å²) in [5.74, 6) is -0.398. The molecule has 130 valence electrons. The number of amides is 2. The van der Waals surface area contributed by atoms with Crippen molar-refractivity contribution >= 4 is 29.0 Å². The van der Waals surface area contributed by atoms with Crippen molar-refractivity contribution in [3.8, 4) is 0 Å². The van der Waals surface area contributed by atoms with Gasteiger partial charge in [-0.05, 0) is 49.7 Å². The molecule has 5 heteroatoms. The predicted molar refractivity (Wildman–Crippen MR) is 98.9 cm³/mol. The summed E-state index contributed by atoms with van der Waals surface area (Å²) in [5.41, 5.74) is 3.91. The number of Topliss-reactive ketones (excluding diaryl/α,β-unsaturated/α-hetero) is 1. The van der Waals surface area contributed by atoms with E-state index in [1.54, 1.807) is 24.3 Å². The Morgan fingerprint density at radius 3 is 2.04 bits per heavy atom. The molecule has 0 spiro atoms. The van der Waals surface area contributed by atoms with E-state index < -0.39 is 0 Å². The third kappa shape index (κ3) is 5.57. The minimum Gasteiger partial charge on any atom is -0.326 e. The molecule has 2 aromatic carbocycles. The molecule has 2 rings (SSSR count). The maximum absolute atomic E-state index is 12.3. The van der Waals surface area contributed by atoms with E-state index in [4.69, 9.17) is 0 Å². The molecule has 2 aromatic rings. The molecule has 5 nitrogen and oxygen atoms in total. The van der Waals surface area contributed by atoms with Crippen LogP contribution in [0.4, 0.5) is 11.4 Å². The number of carbonyl (C=O) groups is 3. The van der Waals surface area contributed by atoms with Crippen LogP contribution in [-0.2, 0) is 9.59 Å². The molecule has 0 unspecified atom stereocenters. The summed E-state index contributed by atoms with van der Waals surface area (Å²) < 4.78 is 0. The number of nitrogens with one attached hydrogen (secondary N) is 2. The third-order valence-corrected chi connectivity index (χ3v) is 3.76. The fourth-order valence-corrected chi connectivity index (χ4v) is 2.46. The van der Waals surface area contributed by atoms with Gasteiger partial charge in [0.1, 0.15) is 0 Å². The van der Waals surface area contributed by atoms with Crippen LogP contribution in [0, 0.1) is 13.8 Å². The molecule has 0 aliphatic rings. The zero-order valence-electron chi connectivity index (χ0n) is 14.7. The Bertz CT molecular complexity index is 795. The second kappa shape index (κ2) is 8.24. The van der Waals surface area contributed by atoms with E-state index in [2.05, 4.69) is 10.6 Å². The summed E-state index contributed by atoms with van der Waals surface area (Å²) in [6.07, 6.45) is 0.291.